The maximum absolute atomic E-state index is 12.1. The van der Waals surface area contributed by atoms with E-state index in [1.165, 1.54) is 6.08 Å². The number of ketones is 1. The van der Waals surface area contributed by atoms with E-state index >= 15 is 0 Å². The molecule has 3 aromatic rings. The first-order valence-electron chi connectivity index (χ1n) is 7.62. The van der Waals surface area contributed by atoms with Crippen molar-refractivity contribution < 1.29 is 13.9 Å². The topological polar surface area (TPSA) is 52.3 Å². The van der Waals surface area contributed by atoms with Crippen LogP contribution in [0.2, 0.25) is 0 Å². The number of pyridine rings is 1. The normalized spacial score (nSPS) is 10.9. The van der Waals surface area contributed by atoms with E-state index in [9.17, 15) is 4.79 Å². The maximum atomic E-state index is 12.1. The Balaban J connectivity index is 1.72. The number of nitrogens with zero attached hydrogens (tertiary/aromatic N) is 1. The fourth-order valence-corrected chi connectivity index (χ4v) is 2.21. The zero-order chi connectivity index (χ0) is 16.8. The Bertz CT molecular complexity index is 850. The number of benzene rings is 1. The highest BCUT2D eigenvalue weighted by molar-refractivity contribution is 6.05. The van der Waals surface area contributed by atoms with E-state index in [0.29, 0.717) is 23.9 Å². The van der Waals surface area contributed by atoms with Crippen LogP contribution in [0.25, 0.3) is 6.08 Å². The van der Waals surface area contributed by atoms with Crippen LogP contribution in [0.1, 0.15) is 27.4 Å². The van der Waals surface area contributed by atoms with Gasteiger partial charge in [0, 0.05) is 23.5 Å². The van der Waals surface area contributed by atoms with Crippen LogP contribution in [-0.4, -0.2) is 10.8 Å². The van der Waals surface area contributed by atoms with Crippen molar-refractivity contribution in [3.8, 4) is 5.75 Å². The third-order valence-electron chi connectivity index (χ3n) is 3.43. The van der Waals surface area contributed by atoms with Crippen LogP contribution in [0.4, 0.5) is 0 Å². The monoisotopic (exact) mass is 319 g/mol. The number of hydrogen-bond acceptors (Lipinski definition) is 4. The summed E-state index contributed by atoms with van der Waals surface area (Å²) in [5.74, 6) is 1.58. The smallest absolute Gasteiger partial charge is 0.221 e. The molecular weight excluding hydrogens is 302 g/mol. The minimum absolute atomic E-state index is 0.176. The summed E-state index contributed by atoms with van der Waals surface area (Å²) in [6, 6.07) is 14.8. The molecule has 2 aromatic heterocycles. The number of ether oxygens (including phenoxy) is 1. The van der Waals surface area contributed by atoms with E-state index < -0.39 is 0 Å². The molecule has 2 heterocycles. The second-order valence-electron chi connectivity index (χ2n) is 5.30. The van der Waals surface area contributed by atoms with Crippen LogP contribution < -0.4 is 4.74 Å². The van der Waals surface area contributed by atoms with E-state index in [-0.39, 0.29) is 5.78 Å². The molecule has 0 aliphatic rings. The number of hydrogen-bond donors (Lipinski definition) is 0. The number of allylic oxidation sites excluding steroid dienone is 1. The van der Waals surface area contributed by atoms with Gasteiger partial charge in [-0.15, -0.1) is 0 Å². The predicted octanol–water partition coefficient (Wildman–Crippen LogP) is 4.46. The van der Waals surface area contributed by atoms with Crippen LogP contribution in [0.5, 0.6) is 5.75 Å². The molecule has 24 heavy (non-hydrogen) atoms. The number of aromatic nitrogens is 1. The van der Waals surface area contributed by atoms with Crippen molar-refractivity contribution in [2.75, 3.05) is 0 Å². The lowest BCUT2D eigenvalue weighted by Gasteiger charge is -2.08. The molecule has 4 heteroatoms. The van der Waals surface area contributed by atoms with Crippen LogP contribution in [-0.2, 0) is 6.61 Å². The molecule has 0 N–H and O–H groups in total. The Morgan fingerprint density at radius 2 is 2.04 bits per heavy atom. The minimum Gasteiger partial charge on any atom is -0.488 e. The summed E-state index contributed by atoms with van der Waals surface area (Å²) < 4.78 is 11.2. The molecule has 1 aromatic carbocycles. The zero-order valence-corrected chi connectivity index (χ0v) is 13.3. The molecule has 4 nitrogen and oxygen atoms in total. The molecule has 0 aliphatic carbocycles. The van der Waals surface area contributed by atoms with Crippen LogP contribution in [0, 0.1) is 6.92 Å². The summed E-state index contributed by atoms with van der Waals surface area (Å²) >= 11 is 0. The molecule has 0 unspecified atom stereocenters. The van der Waals surface area contributed by atoms with E-state index in [2.05, 4.69) is 4.98 Å². The summed E-state index contributed by atoms with van der Waals surface area (Å²) in [4.78, 5) is 16.2. The van der Waals surface area contributed by atoms with Crippen molar-refractivity contribution in [3.05, 3.63) is 89.6 Å². The van der Waals surface area contributed by atoms with Gasteiger partial charge in [0.05, 0.1) is 0 Å². The van der Waals surface area contributed by atoms with E-state index in [0.717, 1.165) is 11.1 Å². The molecule has 0 radical (unpaired) electrons. The number of rotatable bonds is 6. The van der Waals surface area contributed by atoms with Crippen molar-refractivity contribution in [2.24, 2.45) is 0 Å². The maximum Gasteiger partial charge on any atom is 0.221 e. The number of para-hydroxylation sites is 1. The Morgan fingerprint density at radius 1 is 1.17 bits per heavy atom. The standard InChI is InChI=1S/C20H17NO3/c1-15-8-11-20(24-15)18(22)10-9-17-6-2-3-7-19(17)23-14-16-5-4-12-21-13-16/h2-13H,14H2,1H3. The second kappa shape index (κ2) is 7.42. The highest BCUT2D eigenvalue weighted by atomic mass is 16.5. The minimum atomic E-state index is -0.176. The zero-order valence-electron chi connectivity index (χ0n) is 13.3. The molecule has 0 fully saturated rings. The number of furan rings is 1. The summed E-state index contributed by atoms with van der Waals surface area (Å²) in [5.41, 5.74) is 1.82. The highest BCUT2D eigenvalue weighted by Gasteiger charge is 2.07. The Kier molecular flexibility index (Phi) is 4.87. The molecule has 0 spiro atoms. The average molecular weight is 319 g/mol. The molecule has 0 amide bonds. The van der Waals surface area contributed by atoms with Crippen molar-refractivity contribution >= 4 is 11.9 Å². The summed E-state index contributed by atoms with van der Waals surface area (Å²) in [7, 11) is 0. The van der Waals surface area contributed by atoms with E-state index in [1.54, 1.807) is 30.6 Å². The van der Waals surface area contributed by atoms with Gasteiger partial charge < -0.3 is 9.15 Å². The Labute approximate surface area is 140 Å². The number of carbonyl (C=O) groups excluding carboxylic acids is 1. The highest BCUT2D eigenvalue weighted by Crippen LogP contribution is 2.21. The van der Waals surface area contributed by atoms with E-state index in [1.807, 2.05) is 43.3 Å². The van der Waals surface area contributed by atoms with Gasteiger partial charge in [-0.05, 0) is 43.3 Å². The fourth-order valence-electron chi connectivity index (χ4n) is 2.21. The molecule has 0 aliphatic heterocycles. The van der Waals surface area contributed by atoms with Gasteiger partial charge >= 0.3 is 0 Å². The second-order valence-corrected chi connectivity index (χ2v) is 5.30. The van der Waals surface area contributed by atoms with E-state index in [4.69, 9.17) is 9.15 Å². The number of carbonyl (C=O) groups is 1. The van der Waals surface area contributed by atoms with Crippen molar-refractivity contribution in [3.63, 3.8) is 0 Å². The van der Waals surface area contributed by atoms with Gasteiger partial charge in [0.1, 0.15) is 18.1 Å². The van der Waals surface area contributed by atoms with Gasteiger partial charge in [-0.25, -0.2) is 0 Å². The fraction of sp³-hybridized carbons (Fsp3) is 0.100. The largest absolute Gasteiger partial charge is 0.488 e. The summed E-state index contributed by atoms with van der Waals surface area (Å²) in [6.45, 7) is 2.23. The molecule has 3 rings (SSSR count). The van der Waals surface area contributed by atoms with Gasteiger partial charge in [-0.3, -0.25) is 9.78 Å². The van der Waals surface area contributed by atoms with Gasteiger partial charge in [0.2, 0.25) is 5.78 Å². The molecular formula is C20H17NO3. The number of aryl methyl sites for hydroxylation is 1. The van der Waals surface area contributed by atoms with Gasteiger partial charge in [0.15, 0.2) is 5.76 Å². The van der Waals surface area contributed by atoms with Gasteiger partial charge in [-0.1, -0.05) is 24.3 Å². The Morgan fingerprint density at radius 3 is 2.79 bits per heavy atom. The summed E-state index contributed by atoms with van der Waals surface area (Å²) in [6.07, 6.45) is 6.71. The third kappa shape index (κ3) is 3.98. The predicted molar refractivity (Wildman–Crippen MR) is 91.8 cm³/mol. The van der Waals surface area contributed by atoms with Crippen molar-refractivity contribution in [2.45, 2.75) is 13.5 Å². The Hall–Kier alpha value is -3.14. The first-order valence-corrected chi connectivity index (χ1v) is 7.62. The lowest BCUT2D eigenvalue weighted by molar-refractivity contribution is 0.102. The average Bonchev–Trinajstić information content (AvgIpc) is 3.06. The van der Waals surface area contributed by atoms with Gasteiger partial charge in [-0.2, -0.15) is 0 Å². The molecule has 0 atom stereocenters. The first kappa shape index (κ1) is 15.7. The van der Waals surface area contributed by atoms with Crippen LogP contribution in [0.3, 0.4) is 0 Å². The SMILES string of the molecule is Cc1ccc(C(=O)C=Cc2ccccc2OCc2cccnc2)o1. The van der Waals surface area contributed by atoms with Gasteiger partial charge in [0.25, 0.3) is 0 Å². The van der Waals surface area contributed by atoms with Crippen LogP contribution in [0.15, 0.2) is 71.4 Å². The molecule has 0 saturated heterocycles. The lowest BCUT2D eigenvalue weighted by Crippen LogP contribution is -1.97. The van der Waals surface area contributed by atoms with Crippen molar-refractivity contribution in [1.29, 1.82) is 0 Å². The first-order chi connectivity index (χ1) is 11.7. The molecule has 0 saturated carbocycles. The molecule has 0 bridgehead atoms. The quantitative estimate of drug-likeness (QED) is 0.497. The summed E-state index contributed by atoms with van der Waals surface area (Å²) in [5, 5.41) is 0. The molecule has 120 valence electrons. The van der Waals surface area contributed by atoms with Crippen molar-refractivity contribution in [1.82, 2.24) is 4.98 Å². The third-order valence-corrected chi connectivity index (χ3v) is 3.43. The lowest BCUT2D eigenvalue weighted by atomic mass is 10.1. The van der Waals surface area contributed by atoms with Crippen LogP contribution >= 0.6 is 0 Å².